The van der Waals surface area contributed by atoms with Crippen molar-refractivity contribution in [2.45, 2.75) is 13.0 Å². The van der Waals surface area contributed by atoms with Crippen LogP contribution in [0.2, 0.25) is 0 Å². The predicted octanol–water partition coefficient (Wildman–Crippen LogP) is 0.920. The van der Waals surface area contributed by atoms with Crippen molar-refractivity contribution >= 4 is 17.3 Å². The number of pyridine rings is 1. The highest BCUT2D eigenvalue weighted by Gasteiger charge is 2.06. The molecule has 0 saturated carbocycles. The van der Waals surface area contributed by atoms with Crippen molar-refractivity contribution in [2.24, 2.45) is 7.05 Å². The lowest BCUT2D eigenvalue weighted by Gasteiger charge is -1.95. The predicted molar refractivity (Wildman–Crippen MR) is 60.0 cm³/mol. The van der Waals surface area contributed by atoms with E-state index in [0.717, 1.165) is 5.56 Å². The molecule has 0 bridgehead atoms. The number of aliphatic hydroxyl groups excluding tert-OH is 1. The maximum absolute atomic E-state index is 11.2. The largest absolute Gasteiger partial charge is 0.420 e. The van der Waals surface area contributed by atoms with E-state index in [1.165, 1.54) is 4.57 Å². The van der Waals surface area contributed by atoms with Crippen molar-refractivity contribution in [3.05, 3.63) is 34.5 Å². The molecule has 16 heavy (non-hydrogen) atoms. The first-order valence-electron chi connectivity index (χ1n) is 4.90. The van der Waals surface area contributed by atoms with Crippen molar-refractivity contribution in [3.63, 3.8) is 0 Å². The third-order valence-electron chi connectivity index (χ3n) is 2.21. The van der Waals surface area contributed by atoms with E-state index in [1.807, 2.05) is 0 Å². The normalized spacial score (nSPS) is 13.7. The van der Waals surface area contributed by atoms with E-state index in [0.29, 0.717) is 11.2 Å². The standard InChI is InChI=1S/C11H12N2O3/c1-7(14)3-4-8-5-9-10(12-6-8)13(2)11(15)16-9/h3-7,14H,1-2H3/b4-3+. The summed E-state index contributed by atoms with van der Waals surface area (Å²) in [5, 5.41) is 9.09. The van der Waals surface area contributed by atoms with Crippen LogP contribution < -0.4 is 5.76 Å². The second kappa shape index (κ2) is 3.94. The zero-order valence-electron chi connectivity index (χ0n) is 9.04. The van der Waals surface area contributed by atoms with Gasteiger partial charge in [-0.3, -0.25) is 4.57 Å². The molecule has 2 aromatic heterocycles. The minimum Gasteiger partial charge on any atom is -0.406 e. The average Bonchev–Trinajstić information content (AvgIpc) is 2.52. The van der Waals surface area contributed by atoms with Crippen LogP contribution in [0.4, 0.5) is 0 Å². The summed E-state index contributed by atoms with van der Waals surface area (Å²) in [7, 11) is 1.60. The molecule has 0 aliphatic heterocycles. The molecule has 84 valence electrons. The van der Waals surface area contributed by atoms with Crippen LogP contribution in [0.3, 0.4) is 0 Å². The van der Waals surface area contributed by atoms with Gasteiger partial charge in [-0.2, -0.15) is 0 Å². The van der Waals surface area contributed by atoms with Gasteiger partial charge in [0.25, 0.3) is 0 Å². The van der Waals surface area contributed by atoms with E-state index >= 15 is 0 Å². The lowest BCUT2D eigenvalue weighted by atomic mass is 10.2. The monoisotopic (exact) mass is 220 g/mol. The number of oxazole rings is 1. The third kappa shape index (κ3) is 1.90. The van der Waals surface area contributed by atoms with Crippen LogP contribution in [0.15, 0.2) is 27.6 Å². The Kier molecular flexibility index (Phi) is 2.62. The first kappa shape index (κ1) is 10.6. The Bertz CT molecular complexity index is 593. The van der Waals surface area contributed by atoms with Crippen molar-refractivity contribution < 1.29 is 9.52 Å². The zero-order chi connectivity index (χ0) is 11.7. The second-order valence-corrected chi connectivity index (χ2v) is 3.62. The molecule has 0 spiro atoms. The van der Waals surface area contributed by atoms with Gasteiger partial charge in [-0.25, -0.2) is 9.78 Å². The van der Waals surface area contributed by atoms with Crippen LogP contribution in [0.5, 0.6) is 0 Å². The molecule has 5 heteroatoms. The van der Waals surface area contributed by atoms with E-state index in [1.54, 1.807) is 38.4 Å². The summed E-state index contributed by atoms with van der Waals surface area (Å²) in [6.07, 6.45) is 4.46. The van der Waals surface area contributed by atoms with Gasteiger partial charge in [0.15, 0.2) is 11.2 Å². The number of hydrogen-bond acceptors (Lipinski definition) is 4. The van der Waals surface area contributed by atoms with Crippen LogP contribution in [0, 0.1) is 0 Å². The SMILES string of the molecule is CC(O)/C=C/c1cnc2c(c1)oc(=O)n2C. The molecule has 1 unspecified atom stereocenters. The summed E-state index contributed by atoms with van der Waals surface area (Å²) in [5.74, 6) is -0.431. The van der Waals surface area contributed by atoms with Crippen LogP contribution in [0.25, 0.3) is 17.3 Å². The smallest absolute Gasteiger partial charge is 0.406 e. The fourth-order valence-electron chi connectivity index (χ4n) is 1.37. The van der Waals surface area contributed by atoms with Crippen molar-refractivity contribution in [3.8, 4) is 0 Å². The van der Waals surface area contributed by atoms with Gasteiger partial charge < -0.3 is 9.52 Å². The van der Waals surface area contributed by atoms with Gasteiger partial charge in [0.2, 0.25) is 0 Å². The number of fused-ring (bicyclic) bond motifs is 1. The Morgan fingerprint density at radius 3 is 3.06 bits per heavy atom. The van der Waals surface area contributed by atoms with Gasteiger partial charge in [0.1, 0.15) is 0 Å². The van der Waals surface area contributed by atoms with Crippen molar-refractivity contribution in [1.29, 1.82) is 0 Å². The fourth-order valence-corrected chi connectivity index (χ4v) is 1.37. The Morgan fingerprint density at radius 1 is 1.62 bits per heavy atom. The number of aromatic nitrogens is 2. The fraction of sp³-hybridized carbons (Fsp3) is 0.273. The summed E-state index contributed by atoms with van der Waals surface area (Å²) >= 11 is 0. The minimum absolute atomic E-state index is 0.431. The highest BCUT2D eigenvalue weighted by Crippen LogP contribution is 2.12. The number of hydrogen-bond donors (Lipinski definition) is 1. The second-order valence-electron chi connectivity index (χ2n) is 3.62. The molecule has 0 radical (unpaired) electrons. The molecule has 0 fully saturated rings. The highest BCUT2D eigenvalue weighted by molar-refractivity contribution is 5.71. The van der Waals surface area contributed by atoms with Gasteiger partial charge in [-0.15, -0.1) is 0 Å². The summed E-state index contributed by atoms with van der Waals surface area (Å²) in [6, 6.07) is 1.71. The quantitative estimate of drug-likeness (QED) is 0.817. The maximum atomic E-state index is 11.2. The van der Waals surface area contributed by atoms with E-state index in [-0.39, 0.29) is 0 Å². The lowest BCUT2D eigenvalue weighted by molar-refractivity contribution is 0.245. The van der Waals surface area contributed by atoms with Gasteiger partial charge >= 0.3 is 5.76 Å². The van der Waals surface area contributed by atoms with E-state index in [9.17, 15) is 4.79 Å². The molecule has 2 rings (SSSR count). The van der Waals surface area contributed by atoms with Crippen LogP contribution in [-0.2, 0) is 7.05 Å². The van der Waals surface area contributed by atoms with Crippen LogP contribution in [0.1, 0.15) is 12.5 Å². The van der Waals surface area contributed by atoms with E-state index in [4.69, 9.17) is 9.52 Å². The molecular weight excluding hydrogens is 208 g/mol. The van der Waals surface area contributed by atoms with E-state index < -0.39 is 11.9 Å². The Hall–Kier alpha value is -1.88. The number of rotatable bonds is 2. The molecule has 0 amide bonds. The molecule has 1 atom stereocenters. The molecule has 0 aromatic carbocycles. The Labute approximate surface area is 91.6 Å². The summed E-state index contributed by atoms with van der Waals surface area (Å²) in [4.78, 5) is 15.3. The zero-order valence-corrected chi connectivity index (χ0v) is 9.04. The molecule has 2 heterocycles. The molecule has 5 nitrogen and oxygen atoms in total. The molecular formula is C11H12N2O3. The Morgan fingerprint density at radius 2 is 2.38 bits per heavy atom. The van der Waals surface area contributed by atoms with Crippen LogP contribution in [-0.4, -0.2) is 20.8 Å². The highest BCUT2D eigenvalue weighted by atomic mass is 16.4. The summed E-state index contributed by atoms with van der Waals surface area (Å²) in [6.45, 7) is 1.66. The first-order valence-corrected chi connectivity index (χ1v) is 4.90. The summed E-state index contributed by atoms with van der Waals surface area (Å²) in [5.41, 5.74) is 1.74. The van der Waals surface area contributed by atoms with Gasteiger partial charge in [0, 0.05) is 13.2 Å². The minimum atomic E-state index is -0.515. The average molecular weight is 220 g/mol. The van der Waals surface area contributed by atoms with Gasteiger partial charge in [-0.05, 0) is 18.6 Å². The number of aryl methyl sites for hydroxylation is 1. The molecule has 1 N–H and O–H groups in total. The number of aliphatic hydroxyl groups is 1. The van der Waals surface area contributed by atoms with E-state index in [2.05, 4.69) is 4.98 Å². The summed E-state index contributed by atoms with van der Waals surface area (Å²) < 4.78 is 6.34. The topological polar surface area (TPSA) is 68.3 Å². The van der Waals surface area contributed by atoms with Gasteiger partial charge in [0.05, 0.1) is 6.10 Å². The third-order valence-corrected chi connectivity index (χ3v) is 2.21. The molecule has 0 aliphatic carbocycles. The first-order chi connectivity index (χ1) is 7.58. The van der Waals surface area contributed by atoms with Crippen molar-refractivity contribution in [2.75, 3.05) is 0 Å². The number of nitrogens with zero attached hydrogens (tertiary/aromatic N) is 2. The molecule has 2 aromatic rings. The lowest BCUT2D eigenvalue weighted by Crippen LogP contribution is -2.08. The van der Waals surface area contributed by atoms with Gasteiger partial charge in [-0.1, -0.05) is 12.2 Å². The molecule has 0 aliphatic rings. The van der Waals surface area contributed by atoms with Crippen LogP contribution >= 0.6 is 0 Å². The Balaban J connectivity index is 2.49. The molecule has 0 saturated heterocycles. The van der Waals surface area contributed by atoms with Crippen molar-refractivity contribution in [1.82, 2.24) is 9.55 Å². The maximum Gasteiger partial charge on any atom is 0.420 e.